The largest absolute Gasteiger partial charge is 0.488 e. The fourth-order valence-corrected chi connectivity index (χ4v) is 3.05. The lowest BCUT2D eigenvalue weighted by atomic mass is 10.0. The predicted molar refractivity (Wildman–Crippen MR) is 87.1 cm³/mol. The van der Waals surface area contributed by atoms with Crippen LogP contribution in [0.1, 0.15) is 23.8 Å². The fourth-order valence-electron chi connectivity index (χ4n) is 1.85. The Kier molecular flexibility index (Phi) is 5.73. The maximum atomic E-state index is 6.05. The number of rotatable bonds is 6. The summed E-state index contributed by atoms with van der Waals surface area (Å²) in [6.45, 7) is 2.58. The van der Waals surface area contributed by atoms with E-state index in [-0.39, 0.29) is 6.04 Å². The summed E-state index contributed by atoms with van der Waals surface area (Å²) in [5.74, 6) is 0.836. The van der Waals surface area contributed by atoms with Crippen molar-refractivity contribution >= 4 is 34.5 Å². The zero-order chi connectivity index (χ0) is 14.5. The van der Waals surface area contributed by atoms with Gasteiger partial charge in [-0.3, -0.25) is 0 Å². The Morgan fingerprint density at radius 3 is 2.70 bits per heavy atom. The minimum Gasteiger partial charge on any atom is -0.488 e. The predicted octanol–water partition coefficient (Wildman–Crippen LogP) is 4.91. The van der Waals surface area contributed by atoms with Gasteiger partial charge in [0.25, 0.3) is 0 Å². The molecule has 0 fully saturated rings. The van der Waals surface area contributed by atoms with Crippen molar-refractivity contribution in [3.05, 3.63) is 50.1 Å². The Labute approximate surface area is 133 Å². The van der Waals surface area contributed by atoms with Gasteiger partial charge in [-0.1, -0.05) is 30.1 Å². The van der Waals surface area contributed by atoms with E-state index in [1.165, 1.54) is 11.3 Å². The highest BCUT2D eigenvalue weighted by molar-refractivity contribution is 7.16. The Balaban J connectivity index is 2.09. The summed E-state index contributed by atoms with van der Waals surface area (Å²) in [6, 6.07) is 9.62. The number of ether oxygens (including phenoxy) is 1. The molecule has 108 valence electrons. The molecule has 2 rings (SSSR count). The molecular weight excluding hydrogens is 313 g/mol. The van der Waals surface area contributed by atoms with Gasteiger partial charge in [-0.25, -0.2) is 0 Å². The van der Waals surface area contributed by atoms with Crippen molar-refractivity contribution in [3.63, 3.8) is 0 Å². The molecule has 0 saturated heterocycles. The van der Waals surface area contributed by atoms with E-state index in [1.54, 1.807) is 0 Å². The van der Waals surface area contributed by atoms with Crippen molar-refractivity contribution in [1.82, 2.24) is 0 Å². The highest BCUT2D eigenvalue weighted by atomic mass is 35.5. The van der Waals surface area contributed by atoms with Crippen molar-refractivity contribution in [1.29, 1.82) is 0 Å². The van der Waals surface area contributed by atoms with Crippen LogP contribution in [0.15, 0.2) is 30.3 Å². The van der Waals surface area contributed by atoms with Gasteiger partial charge in [-0.2, -0.15) is 0 Å². The van der Waals surface area contributed by atoms with Crippen molar-refractivity contribution in [2.75, 3.05) is 0 Å². The quantitative estimate of drug-likeness (QED) is 0.816. The lowest BCUT2D eigenvalue weighted by Gasteiger charge is -2.14. The fraction of sp³-hybridized carbons (Fsp3) is 0.333. The van der Waals surface area contributed by atoms with Gasteiger partial charge in [-0.05, 0) is 48.7 Å². The molecule has 1 aromatic carbocycles. The Morgan fingerprint density at radius 1 is 1.25 bits per heavy atom. The van der Waals surface area contributed by atoms with Crippen molar-refractivity contribution in [2.45, 2.75) is 32.4 Å². The van der Waals surface area contributed by atoms with Gasteiger partial charge >= 0.3 is 0 Å². The van der Waals surface area contributed by atoms with E-state index in [0.717, 1.165) is 33.4 Å². The molecule has 1 aromatic heterocycles. The molecule has 20 heavy (non-hydrogen) atoms. The van der Waals surface area contributed by atoms with Crippen LogP contribution in [0.5, 0.6) is 5.75 Å². The zero-order valence-electron chi connectivity index (χ0n) is 11.2. The molecule has 1 atom stereocenters. The van der Waals surface area contributed by atoms with Gasteiger partial charge in [0.05, 0.1) is 4.34 Å². The van der Waals surface area contributed by atoms with Crippen LogP contribution < -0.4 is 10.5 Å². The molecule has 2 aromatic rings. The van der Waals surface area contributed by atoms with Crippen LogP contribution in [0, 0.1) is 0 Å². The molecule has 2 nitrogen and oxygen atoms in total. The van der Waals surface area contributed by atoms with Gasteiger partial charge in [0.15, 0.2) is 0 Å². The molecule has 0 saturated carbocycles. The monoisotopic (exact) mass is 329 g/mol. The highest BCUT2D eigenvalue weighted by Gasteiger charge is 2.09. The van der Waals surface area contributed by atoms with E-state index in [1.807, 2.05) is 30.3 Å². The second kappa shape index (κ2) is 7.32. The van der Waals surface area contributed by atoms with Crippen molar-refractivity contribution in [2.24, 2.45) is 5.73 Å². The average Bonchev–Trinajstić information content (AvgIpc) is 2.83. The summed E-state index contributed by atoms with van der Waals surface area (Å²) in [6.07, 6.45) is 1.68. The minimum atomic E-state index is 0.118. The Bertz CT molecular complexity index is 571. The van der Waals surface area contributed by atoms with E-state index < -0.39 is 0 Å². The molecule has 0 bridgehead atoms. The molecule has 0 aliphatic carbocycles. The van der Waals surface area contributed by atoms with Gasteiger partial charge in [0.1, 0.15) is 12.4 Å². The number of hydrogen-bond donors (Lipinski definition) is 1. The second-order valence-electron chi connectivity index (χ2n) is 4.62. The third kappa shape index (κ3) is 4.38. The average molecular weight is 330 g/mol. The molecule has 1 heterocycles. The standard InChI is InChI=1S/C15H17Cl2NOS/c1-2-12(18)8-10-7-11(16)3-5-14(10)19-9-13-4-6-15(17)20-13/h3-7,12H,2,8-9,18H2,1H3. The molecule has 2 N–H and O–H groups in total. The number of nitrogens with two attached hydrogens (primary N) is 1. The van der Waals surface area contributed by atoms with Gasteiger partial charge in [-0.15, -0.1) is 11.3 Å². The number of benzene rings is 1. The molecule has 1 unspecified atom stereocenters. The summed E-state index contributed by atoms with van der Waals surface area (Å²) in [5, 5.41) is 0.704. The van der Waals surface area contributed by atoms with E-state index in [4.69, 9.17) is 33.7 Å². The smallest absolute Gasteiger partial charge is 0.123 e. The number of thiophene rings is 1. The minimum absolute atomic E-state index is 0.118. The van der Waals surface area contributed by atoms with E-state index in [0.29, 0.717) is 11.6 Å². The maximum absolute atomic E-state index is 6.05. The van der Waals surface area contributed by atoms with Crippen LogP contribution in [0.2, 0.25) is 9.36 Å². The maximum Gasteiger partial charge on any atom is 0.123 e. The second-order valence-corrected chi connectivity index (χ2v) is 6.86. The molecule has 0 amide bonds. The molecule has 0 radical (unpaired) electrons. The first-order valence-electron chi connectivity index (χ1n) is 6.49. The van der Waals surface area contributed by atoms with Crippen LogP contribution in [-0.4, -0.2) is 6.04 Å². The SMILES string of the molecule is CCC(N)Cc1cc(Cl)ccc1OCc1ccc(Cl)s1. The van der Waals surface area contributed by atoms with E-state index in [2.05, 4.69) is 6.92 Å². The van der Waals surface area contributed by atoms with Crippen LogP contribution in [0.3, 0.4) is 0 Å². The first kappa shape index (κ1) is 15.6. The molecular formula is C15H17Cl2NOS. The summed E-state index contributed by atoms with van der Waals surface area (Å²) in [4.78, 5) is 1.09. The molecule has 5 heteroatoms. The first-order valence-corrected chi connectivity index (χ1v) is 8.06. The summed E-state index contributed by atoms with van der Waals surface area (Å²) < 4.78 is 6.65. The van der Waals surface area contributed by atoms with Gasteiger partial charge in [0.2, 0.25) is 0 Å². The van der Waals surface area contributed by atoms with Crippen LogP contribution in [0.4, 0.5) is 0 Å². The normalized spacial score (nSPS) is 12.4. The van der Waals surface area contributed by atoms with Crippen LogP contribution in [0.25, 0.3) is 0 Å². The number of halogens is 2. The van der Waals surface area contributed by atoms with E-state index in [9.17, 15) is 0 Å². The lowest BCUT2D eigenvalue weighted by Crippen LogP contribution is -2.21. The summed E-state index contributed by atoms with van der Waals surface area (Å²) in [7, 11) is 0. The molecule has 0 aliphatic rings. The molecule has 0 aliphatic heterocycles. The topological polar surface area (TPSA) is 35.2 Å². The third-order valence-electron chi connectivity index (χ3n) is 3.03. The van der Waals surface area contributed by atoms with Crippen LogP contribution >= 0.6 is 34.5 Å². The van der Waals surface area contributed by atoms with E-state index >= 15 is 0 Å². The first-order chi connectivity index (χ1) is 9.58. The Hall–Kier alpha value is -0.740. The van der Waals surface area contributed by atoms with Crippen LogP contribution in [-0.2, 0) is 13.0 Å². The number of hydrogen-bond acceptors (Lipinski definition) is 3. The third-order valence-corrected chi connectivity index (χ3v) is 4.47. The van der Waals surface area contributed by atoms with Crippen molar-refractivity contribution < 1.29 is 4.74 Å². The summed E-state index contributed by atoms with van der Waals surface area (Å²) >= 11 is 13.5. The van der Waals surface area contributed by atoms with Crippen molar-refractivity contribution in [3.8, 4) is 5.75 Å². The Morgan fingerprint density at radius 2 is 2.05 bits per heavy atom. The highest BCUT2D eigenvalue weighted by Crippen LogP contribution is 2.27. The van der Waals surface area contributed by atoms with Gasteiger partial charge in [0, 0.05) is 15.9 Å². The molecule has 0 spiro atoms. The van der Waals surface area contributed by atoms with Gasteiger partial charge < -0.3 is 10.5 Å². The lowest BCUT2D eigenvalue weighted by molar-refractivity contribution is 0.305. The summed E-state index contributed by atoms with van der Waals surface area (Å²) in [5.41, 5.74) is 7.07. The zero-order valence-corrected chi connectivity index (χ0v) is 13.6.